The van der Waals surface area contributed by atoms with E-state index in [9.17, 15) is 9.59 Å². The molecule has 4 nitrogen and oxygen atoms in total. The molecular formula is C12H9NO3. The molecule has 2 aromatic rings. The summed E-state index contributed by atoms with van der Waals surface area (Å²) in [6.45, 7) is 0. The van der Waals surface area contributed by atoms with E-state index in [0.29, 0.717) is 10.9 Å². The number of benzene rings is 1. The van der Waals surface area contributed by atoms with Gasteiger partial charge in [-0.15, -0.1) is 0 Å². The Morgan fingerprint density at radius 1 is 1.25 bits per heavy atom. The molecule has 16 heavy (non-hydrogen) atoms. The van der Waals surface area contributed by atoms with Crippen molar-refractivity contribution in [3.63, 3.8) is 0 Å². The van der Waals surface area contributed by atoms with E-state index >= 15 is 0 Å². The highest BCUT2D eigenvalue weighted by Gasteiger charge is 2.18. The summed E-state index contributed by atoms with van der Waals surface area (Å²) in [5.41, 5.74) is 0.340. The number of carbonyl (C=O) groups is 2. The van der Waals surface area contributed by atoms with Gasteiger partial charge in [-0.25, -0.2) is 4.79 Å². The maximum absolute atomic E-state index is 11.7. The summed E-state index contributed by atoms with van der Waals surface area (Å²) in [5.74, 6) is -1.50. The van der Waals surface area contributed by atoms with Crippen LogP contribution in [0.1, 0.15) is 10.4 Å². The number of rotatable bonds is 2. The van der Waals surface area contributed by atoms with E-state index in [4.69, 9.17) is 0 Å². The molecule has 0 N–H and O–H groups in total. The Morgan fingerprint density at radius 3 is 2.81 bits per heavy atom. The first-order valence-electron chi connectivity index (χ1n) is 4.69. The molecule has 80 valence electrons. The van der Waals surface area contributed by atoms with Crippen LogP contribution in [-0.4, -0.2) is 23.8 Å². The molecule has 0 aliphatic rings. The zero-order chi connectivity index (χ0) is 11.5. The molecule has 0 bridgehead atoms. The van der Waals surface area contributed by atoms with Gasteiger partial charge in [-0.05, 0) is 11.5 Å². The maximum Gasteiger partial charge on any atom is 0.379 e. The van der Waals surface area contributed by atoms with Gasteiger partial charge in [0, 0.05) is 23.3 Å². The molecule has 0 amide bonds. The van der Waals surface area contributed by atoms with Gasteiger partial charge in [0.05, 0.1) is 7.11 Å². The Bertz CT molecular complexity index is 558. The van der Waals surface area contributed by atoms with E-state index in [1.807, 2.05) is 6.07 Å². The standard InChI is InChI=1S/C12H9NO3/c1-16-12(15)11(14)10-4-2-3-8-7-13-6-5-9(8)10/h2-7H,1H3. The lowest BCUT2D eigenvalue weighted by Gasteiger charge is -2.03. The van der Waals surface area contributed by atoms with Crippen molar-refractivity contribution in [1.29, 1.82) is 0 Å². The number of hydrogen-bond donors (Lipinski definition) is 0. The molecule has 0 radical (unpaired) electrons. The minimum absolute atomic E-state index is 0.340. The van der Waals surface area contributed by atoms with Crippen LogP contribution in [0.25, 0.3) is 10.8 Å². The SMILES string of the molecule is COC(=O)C(=O)c1cccc2cnccc12. The van der Waals surface area contributed by atoms with Gasteiger partial charge >= 0.3 is 5.97 Å². The fourth-order valence-corrected chi connectivity index (χ4v) is 1.52. The van der Waals surface area contributed by atoms with Crippen LogP contribution in [0.5, 0.6) is 0 Å². The summed E-state index contributed by atoms with van der Waals surface area (Å²) < 4.78 is 4.41. The average Bonchev–Trinajstić information content (AvgIpc) is 2.36. The number of ketones is 1. The van der Waals surface area contributed by atoms with Gasteiger partial charge in [-0.1, -0.05) is 18.2 Å². The Morgan fingerprint density at radius 2 is 2.06 bits per heavy atom. The molecule has 1 aromatic carbocycles. The van der Waals surface area contributed by atoms with Gasteiger partial charge in [-0.3, -0.25) is 9.78 Å². The van der Waals surface area contributed by atoms with Gasteiger partial charge in [0.25, 0.3) is 5.78 Å². The third-order valence-corrected chi connectivity index (χ3v) is 2.30. The predicted octanol–water partition coefficient (Wildman–Crippen LogP) is 1.59. The molecule has 0 aliphatic carbocycles. The molecule has 1 aromatic heterocycles. The summed E-state index contributed by atoms with van der Waals surface area (Å²) >= 11 is 0. The molecule has 0 saturated heterocycles. The molecule has 0 unspecified atom stereocenters. The van der Waals surface area contributed by atoms with E-state index in [1.54, 1.807) is 30.6 Å². The number of carbonyl (C=O) groups excluding carboxylic acids is 2. The van der Waals surface area contributed by atoms with Crippen LogP contribution in [0.3, 0.4) is 0 Å². The first-order valence-corrected chi connectivity index (χ1v) is 4.69. The number of pyridine rings is 1. The maximum atomic E-state index is 11.7. The van der Waals surface area contributed by atoms with Crippen molar-refractivity contribution in [2.24, 2.45) is 0 Å². The molecule has 1 heterocycles. The lowest BCUT2D eigenvalue weighted by Crippen LogP contribution is -2.15. The summed E-state index contributed by atoms with van der Waals surface area (Å²) in [5, 5.41) is 1.52. The summed E-state index contributed by atoms with van der Waals surface area (Å²) in [7, 11) is 1.19. The molecule has 4 heteroatoms. The van der Waals surface area contributed by atoms with Crippen molar-refractivity contribution >= 4 is 22.5 Å². The van der Waals surface area contributed by atoms with Crippen LogP contribution >= 0.6 is 0 Å². The largest absolute Gasteiger partial charge is 0.463 e. The smallest absolute Gasteiger partial charge is 0.379 e. The van der Waals surface area contributed by atoms with Crippen LogP contribution < -0.4 is 0 Å². The van der Waals surface area contributed by atoms with Crippen molar-refractivity contribution < 1.29 is 14.3 Å². The van der Waals surface area contributed by atoms with Crippen LogP contribution in [0.15, 0.2) is 36.7 Å². The highest BCUT2D eigenvalue weighted by atomic mass is 16.5. The number of esters is 1. The van der Waals surface area contributed by atoms with Crippen LogP contribution in [0.4, 0.5) is 0 Å². The van der Waals surface area contributed by atoms with E-state index in [2.05, 4.69) is 9.72 Å². The lowest BCUT2D eigenvalue weighted by molar-refractivity contribution is -0.135. The Hall–Kier alpha value is -2.23. The Kier molecular flexibility index (Phi) is 2.64. The molecule has 2 rings (SSSR count). The number of hydrogen-bond acceptors (Lipinski definition) is 4. The van der Waals surface area contributed by atoms with Gasteiger partial charge < -0.3 is 4.74 Å². The quantitative estimate of drug-likeness (QED) is 0.433. The van der Waals surface area contributed by atoms with Crippen molar-refractivity contribution in [1.82, 2.24) is 4.98 Å². The second-order valence-corrected chi connectivity index (χ2v) is 3.22. The highest BCUT2D eigenvalue weighted by molar-refractivity contribution is 6.42. The number of ether oxygens (including phenoxy) is 1. The number of Topliss-reactive ketones (excluding diaryl/α,β-unsaturated/α-hetero) is 1. The highest BCUT2D eigenvalue weighted by Crippen LogP contribution is 2.18. The molecule has 0 fully saturated rings. The monoisotopic (exact) mass is 215 g/mol. The molecule has 0 atom stereocenters. The molecule has 0 spiro atoms. The molecular weight excluding hydrogens is 206 g/mol. The number of nitrogens with zero attached hydrogens (tertiary/aromatic N) is 1. The minimum Gasteiger partial charge on any atom is -0.463 e. The zero-order valence-electron chi connectivity index (χ0n) is 8.64. The van der Waals surface area contributed by atoms with Gasteiger partial charge in [0.15, 0.2) is 0 Å². The van der Waals surface area contributed by atoms with E-state index < -0.39 is 11.8 Å². The number of aromatic nitrogens is 1. The first kappa shape index (κ1) is 10.3. The minimum atomic E-state index is -0.857. The number of methoxy groups -OCH3 is 1. The van der Waals surface area contributed by atoms with E-state index in [0.717, 1.165) is 5.39 Å². The second-order valence-electron chi connectivity index (χ2n) is 3.22. The van der Waals surface area contributed by atoms with E-state index in [1.165, 1.54) is 7.11 Å². The van der Waals surface area contributed by atoms with Crippen molar-refractivity contribution in [2.45, 2.75) is 0 Å². The summed E-state index contributed by atoms with van der Waals surface area (Å²) in [4.78, 5) is 26.8. The molecule has 0 aliphatic heterocycles. The fraction of sp³-hybridized carbons (Fsp3) is 0.0833. The predicted molar refractivity (Wildman–Crippen MR) is 58.1 cm³/mol. The van der Waals surface area contributed by atoms with Crippen LogP contribution in [0, 0.1) is 0 Å². The first-order chi connectivity index (χ1) is 7.74. The summed E-state index contributed by atoms with van der Waals surface area (Å²) in [6, 6.07) is 6.84. The van der Waals surface area contributed by atoms with Gasteiger partial charge in [-0.2, -0.15) is 0 Å². The van der Waals surface area contributed by atoms with E-state index in [-0.39, 0.29) is 0 Å². The Labute approximate surface area is 91.9 Å². The number of fused-ring (bicyclic) bond motifs is 1. The zero-order valence-corrected chi connectivity index (χ0v) is 8.64. The van der Waals surface area contributed by atoms with Crippen LogP contribution in [-0.2, 0) is 9.53 Å². The Balaban J connectivity index is 2.61. The topological polar surface area (TPSA) is 56.3 Å². The van der Waals surface area contributed by atoms with Crippen molar-refractivity contribution in [2.75, 3.05) is 7.11 Å². The third-order valence-electron chi connectivity index (χ3n) is 2.30. The lowest BCUT2D eigenvalue weighted by atomic mass is 10.0. The third kappa shape index (κ3) is 1.65. The van der Waals surface area contributed by atoms with Gasteiger partial charge in [0.1, 0.15) is 0 Å². The average molecular weight is 215 g/mol. The summed E-state index contributed by atoms with van der Waals surface area (Å²) in [6.07, 6.45) is 3.22. The van der Waals surface area contributed by atoms with Gasteiger partial charge in [0.2, 0.25) is 0 Å². The van der Waals surface area contributed by atoms with Crippen molar-refractivity contribution in [3.8, 4) is 0 Å². The van der Waals surface area contributed by atoms with Crippen LogP contribution in [0.2, 0.25) is 0 Å². The fourth-order valence-electron chi connectivity index (χ4n) is 1.52. The normalized spacial score (nSPS) is 10.1. The molecule has 0 saturated carbocycles. The second kappa shape index (κ2) is 4.10. The van der Waals surface area contributed by atoms with Crippen molar-refractivity contribution in [3.05, 3.63) is 42.2 Å².